The van der Waals surface area contributed by atoms with Crippen molar-refractivity contribution < 1.29 is 4.79 Å². The second-order valence-corrected chi connectivity index (χ2v) is 10.7. The van der Waals surface area contributed by atoms with Crippen LogP contribution in [0, 0.1) is 11.8 Å². The van der Waals surface area contributed by atoms with Gasteiger partial charge in [0.2, 0.25) is 5.91 Å². The van der Waals surface area contributed by atoms with Crippen LogP contribution < -0.4 is 11.2 Å². The quantitative estimate of drug-likeness (QED) is 0.370. The number of likely N-dealkylation sites (tertiary alicyclic amines) is 1. The molecular weight excluding hydrogens is 462 g/mol. The molecule has 1 aliphatic heterocycles. The van der Waals surface area contributed by atoms with Crippen LogP contribution in [0.5, 0.6) is 0 Å². The Hall–Kier alpha value is -2.94. The Morgan fingerprint density at radius 3 is 2.40 bits per heavy atom. The van der Waals surface area contributed by atoms with E-state index >= 15 is 0 Å². The molecule has 8 nitrogen and oxygen atoms in total. The summed E-state index contributed by atoms with van der Waals surface area (Å²) in [6.45, 7) is 5.62. The molecule has 3 aromatic rings. The molecule has 186 valence electrons. The molecular formula is C26H33N5O3S. The van der Waals surface area contributed by atoms with E-state index in [9.17, 15) is 14.4 Å². The molecule has 0 aliphatic carbocycles. The van der Waals surface area contributed by atoms with Crippen LogP contribution in [0.4, 0.5) is 0 Å². The van der Waals surface area contributed by atoms with Gasteiger partial charge in [0.15, 0.2) is 5.65 Å². The van der Waals surface area contributed by atoms with Crippen LogP contribution in [0.2, 0.25) is 0 Å². The van der Waals surface area contributed by atoms with E-state index in [1.54, 1.807) is 7.05 Å². The Bertz CT molecular complexity index is 1320. The molecule has 9 heteroatoms. The number of aryl methyl sites for hydroxylation is 1. The summed E-state index contributed by atoms with van der Waals surface area (Å²) in [7, 11) is 3.06. The van der Waals surface area contributed by atoms with E-state index in [0.29, 0.717) is 40.1 Å². The number of benzene rings is 1. The van der Waals surface area contributed by atoms with E-state index < -0.39 is 11.2 Å². The third-order valence-corrected chi connectivity index (χ3v) is 7.53. The summed E-state index contributed by atoms with van der Waals surface area (Å²) in [6.07, 6.45) is 3.65. The minimum absolute atomic E-state index is 0.0481. The third kappa shape index (κ3) is 5.66. The zero-order chi connectivity index (χ0) is 25.1. The van der Waals surface area contributed by atoms with E-state index in [4.69, 9.17) is 0 Å². The van der Waals surface area contributed by atoms with Gasteiger partial charge in [-0.15, -0.1) is 0 Å². The smallest absolute Gasteiger partial charge is 0.332 e. The largest absolute Gasteiger partial charge is 0.342 e. The number of carbonyl (C=O) groups is 1. The first-order chi connectivity index (χ1) is 16.7. The SMILES string of the molecule is CC(C)Cc1nc(SCC(=O)N2CCC(Cc3ccccc3)CC2)c2c(=O)n(C)c(=O)n(C)c2n1. The van der Waals surface area contributed by atoms with Gasteiger partial charge < -0.3 is 4.90 Å². The van der Waals surface area contributed by atoms with Crippen LogP contribution >= 0.6 is 11.8 Å². The summed E-state index contributed by atoms with van der Waals surface area (Å²) in [5.41, 5.74) is 0.801. The lowest BCUT2D eigenvalue weighted by atomic mass is 9.90. The van der Waals surface area contributed by atoms with Crippen molar-refractivity contribution in [3.63, 3.8) is 0 Å². The molecule has 2 aromatic heterocycles. The minimum Gasteiger partial charge on any atom is -0.342 e. The van der Waals surface area contributed by atoms with Crippen LogP contribution in [-0.2, 0) is 31.7 Å². The third-order valence-electron chi connectivity index (χ3n) is 6.57. The highest BCUT2D eigenvalue weighted by molar-refractivity contribution is 8.00. The molecule has 1 saturated heterocycles. The number of nitrogens with zero attached hydrogens (tertiary/aromatic N) is 5. The second-order valence-electron chi connectivity index (χ2n) is 9.75. The molecule has 4 rings (SSSR count). The van der Waals surface area contributed by atoms with Crippen LogP contribution in [-0.4, -0.2) is 48.8 Å². The molecule has 0 atom stereocenters. The molecule has 1 fully saturated rings. The zero-order valence-electron chi connectivity index (χ0n) is 20.9. The van der Waals surface area contributed by atoms with Gasteiger partial charge in [-0.3, -0.25) is 18.7 Å². The standard InChI is InChI=1S/C26H33N5O3S/c1-17(2)14-20-27-23-22(25(33)30(4)26(34)29(23)3)24(28-20)35-16-21(32)31-12-10-19(11-13-31)15-18-8-6-5-7-9-18/h5-9,17,19H,10-16H2,1-4H3. The lowest BCUT2D eigenvalue weighted by Gasteiger charge is -2.32. The number of fused-ring (bicyclic) bond motifs is 1. The molecule has 3 heterocycles. The second kappa shape index (κ2) is 10.8. The highest BCUT2D eigenvalue weighted by Gasteiger charge is 2.24. The maximum Gasteiger partial charge on any atom is 0.332 e. The molecule has 0 N–H and O–H groups in total. The molecule has 0 radical (unpaired) electrons. The van der Waals surface area contributed by atoms with E-state index in [1.165, 1.54) is 28.9 Å². The normalized spacial score (nSPS) is 14.7. The average molecular weight is 496 g/mol. The fourth-order valence-electron chi connectivity index (χ4n) is 4.59. The van der Waals surface area contributed by atoms with Crippen molar-refractivity contribution in [1.29, 1.82) is 0 Å². The van der Waals surface area contributed by atoms with Gasteiger partial charge in [-0.05, 0) is 36.7 Å². The van der Waals surface area contributed by atoms with Crippen molar-refractivity contribution >= 4 is 28.7 Å². The molecule has 1 aromatic carbocycles. The van der Waals surface area contributed by atoms with Crippen molar-refractivity contribution in [3.05, 3.63) is 62.6 Å². The van der Waals surface area contributed by atoms with Gasteiger partial charge in [0.1, 0.15) is 16.2 Å². The lowest BCUT2D eigenvalue weighted by molar-refractivity contribution is -0.129. The first-order valence-corrected chi connectivity index (χ1v) is 13.1. The maximum absolute atomic E-state index is 13.0. The van der Waals surface area contributed by atoms with Crippen molar-refractivity contribution in [2.75, 3.05) is 18.8 Å². The zero-order valence-corrected chi connectivity index (χ0v) is 21.7. The Balaban J connectivity index is 1.49. The molecule has 1 amide bonds. The Kier molecular flexibility index (Phi) is 7.74. The van der Waals surface area contributed by atoms with Crippen molar-refractivity contribution in [3.8, 4) is 0 Å². The van der Waals surface area contributed by atoms with Crippen LogP contribution in [0.3, 0.4) is 0 Å². The van der Waals surface area contributed by atoms with Gasteiger partial charge in [0.25, 0.3) is 5.56 Å². The summed E-state index contributed by atoms with van der Waals surface area (Å²) in [5.74, 6) is 1.72. The number of piperidine rings is 1. The van der Waals surface area contributed by atoms with Crippen LogP contribution in [0.25, 0.3) is 11.0 Å². The summed E-state index contributed by atoms with van der Waals surface area (Å²) in [5, 5.41) is 0.760. The molecule has 0 unspecified atom stereocenters. The van der Waals surface area contributed by atoms with E-state index in [-0.39, 0.29) is 11.7 Å². The first kappa shape index (κ1) is 25.2. The number of rotatable bonds is 7. The van der Waals surface area contributed by atoms with E-state index in [1.807, 2.05) is 11.0 Å². The first-order valence-electron chi connectivity index (χ1n) is 12.2. The van der Waals surface area contributed by atoms with Crippen molar-refractivity contribution in [1.82, 2.24) is 24.0 Å². The maximum atomic E-state index is 13.0. The molecule has 35 heavy (non-hydrogen) atoms. The summed E-state index contributed by atoms with van der Waals surface area (Å²) < 4.78 is 2.45. The molecule has 0 saturated carbocycles. The average Bonchev–Trinajstić information content (AvgIpc) is 2.85. The highest BCUT2D eigenvalue weighted by Crippen LogP contribution is 2.26. The van der Waals surface area contributed by atoms with Crippen LogP contribution in [0.1, 0.15) is 38.1 Å². The molecule has 0 bridgehead atoms. The summed E-state index contributed by atoms with van der Waals surface area (Å²) in [6, 6.07) is 10.5. The summed E-state index contributed by atoms with van der Waals surface area (Å²) in [4.78, 5) is 49.5. The molecule has 1 aliphatic rings. The predicted molar refractivity (Wildman–Crippen MR) is 139 cm³/mol. The van der Waals surface area contributed by atoms with Crippen LogP contribution in [0.15, 0.2) is 44.9 Å². The van der Waals surface area contributed by atoms with Gasteiger partial charge in [-0.1, -0.05) is 55.9 Å². The summed E-state index contributed by atoms with van der Waals surface area (Å²) >= 11 is 1.26. The Labute approximate surface area is 209 Å². The number of amides is 1. The van der Waals surface area contributed by atoms with Gasteiger partial charge in [0.05, 0.1) is 5.75 Å². The van der Waals surface area contributed by atoms with Gasteiger partial charge in [-0.25, -0.2) is 14.8 Å². The topological polar surface area (TPSA) is 90.1 Å². The van der Waals surface area contributed by atoms with Gasteiger partial charge in [-0.2, -0.15) is 0 Å². The number of hydrogen-bond donors (Lipinski definition) is 0. The number of hydrogen-bond acceptors (Lipinski definition) is 6. The predicted octanol–water partition coefficient (Wildman–Crippen LogP) is 2.80. The van der Waals surface area contributed by atoms with E-state index in [0.717, 1.165) is 36.9 Å². The minimum atomic E-state index is -0.434. The number of thioether (sulfide) groups is 1. The number of carbonyl (C=O) groups excluding carboxylic acids is 1. The Morgan fingerprint density at radius 1 is 1.06 bits per heavy atom. The fourth-order valence-corrected chi connectivity index (χ4v) is 5.52. The molecule has 0 spiro atoms. The highest BCUT2D eigenvalue weighted by atomic mass is 32.2. The van der Waals surface area contributed by atoms with Crippen molar-refractivity contribution in [2.24, 2.45) is 25.9 Å². The Morgan fingerprint density at radius 2 is 1.74 bits per heavy atom. The van der Waals surface area contributed by atoms with Gasteiger partial charge in [0, 0.05) is 33.6 Å². The van der Waals surface area contributed by atoms with Crippen molar-refractivity contribution in [2.45, 2.75) is 44.6 Å². The fraction of sp³-hybridized carbons (Fsp3) is 0.500. The monoisotopic (exact) mass is 495 g/mol. The van der Waals surface area contributed by atoms with E-state index in [2.05, 4.69) is 48.1 Å². The lowest BCUT2D eigenvalue weighted by Crippen LogP contribution is -2.40. The van der Waals surface area contributed by atoms with Gasteiger partial charge >= 0.3 is 5.69 Å². The number of aromatic nitrogens is 4.